The molecule has 1 aromatic carbocycles. The van der Waals surface area contributed by atoms with Crippen LogP contribution in [0, 0.1) is 0 Å². The van der Waals surface area contributed by atoms with E-state index >= 15 is 0 Å². The maximum atomic E-state index is 12.2. The van der Waals surface area contributed by atoms with Gasteiger partial charge in [0, 0.05) is 34.3 Å². The minimum Gasteiger partial charge on any atom is -0.275 e. The van der Waals surface area contributed by atoms with Gasteiger partial charge in [-0.15, -0.1) is 0 Å². The molecule has 0 amide bonds. The van der Waals surface area contributed by atoms with Crippen LogP contribution in [-0.4, -0.2) is 18.2 Å². The van der Waals surface area contributed by atoms with E-state index in [4.69, 9.17) is 0 Å². The predicted molar refractivity (Wildman–Crippen MR) is 79.1 cm³/mol. The smallest absolute Gasteiger partial charge is 0.242 e. The molecule has 2 aromatic rings. The van der Waals surface area contributed by atoms with Gasteiger partial charge in [-0.05, 0) is 34.1 Å². The highest BCUT2D eigenvalue weighted by molar-refractivity contribution is 9.11. The third-order valence-corrected chi connectivity index (χ3v) is 5.30. The van der Waals surface area contributed by atoms with Gasteiger partial charge in [0.05, 0.1) is 11.1 Å². The summed E-state index contributed by atoms with van der Waals surface area (Å²) in [5, 5.41) is 3.99. The van der Waals surface area contributed by atoms with Gasteiger partial charge in [0.2, 0.25) is 10.0 Å². The molecular formula is C11H11Br2N3O2S. The van der Waals surface area contributed by atoms with Gasteiger partial charge in [-0.3, -0.25) is 4.68 Å². The van der Waals surface area contributed by atoms with Crippen LogP contribution in [0.15, 0.2) is 44.4 Å². The molecule has 5 nitrogen and oxygen atoms in total. The Morgan fingerprint density at radius 1 is 1.37 bits per heavy atom. The van der Waals surface area contributed by atoms with Crippen LogP contribution in [0.5, 0.6) is 0 Å². The van der Waals surface area contributed by atoms with Crippen LogP contribution in [0.1, 0.15) is 5.56 Å². The predicted octanol–water partition coefficient (Wildman–Crippen LogP) is 2.42. The van der Waals surface area contributed by atoms with E-state index < -0.39 is 10.0 Å². The monoisotopic (exact) mass is 407 g/mol. The van der Waals surface area contributed by atoms with Crippen molar-refractivity contribution in [3.63, 3.8) is 0 Å². The molecule has 0 fully saturated rings. The molecule has 1 aromatic heterocycles. The van der Waals surface area contributed by atoms with Gasteiger partial charge in [-0.25, -0.2) is 13.1 Å². The summed E-state index contributed by atoms with van der Waals surface area (Å²) in [4.78, 5) is 0.200. The van der Waals surface area contributed by atoms with Crippen molar-refractivity contribution in [2.45, 2.75) is 11.4 Å². The lowest BCUT2D eigenvalue weighted by Gasteiger charge is -2.08. The fourth-order valence-corrected chi connectivity index (χ4v) is 4.02. The van der Waals surface area contributed by atoms with Crippen molar-refractivity contribution in [3.8, 4) is 0 Å². The van der Waals surface area contributed by atoms with Crippen LogP contribution >= 0.6 is 31.9 Å². The van der Waals surface area contributed by atoms with Gasteiger partial charge in [-0.1, -0.05) is 15.9 Å². The topological polar surface area (TPSA) is 64.0 Å². The Labute approximate surface area is 128 Å². The van der Waals surface area contributed by atoms with Gasteiger partial charge in [0.15, 0.2) is 0 Å². The normalized spacial score (nSPS) is 11.7. The molecule has 1 N–H and O–H groups in total. The molecule has 19 heavy (non-hydrogen) atoms. The number of aryl methyl sites for hydroxylation is 1. The standard InChI is InChI=1S/C11H11Br2N3O2S/c1-16-7-8(5-14-16)6-15-19(17,18)11-4-9(12)2-3-10(11)13/h2-5,7,15H,6H2,1H3. The first-order chi connectivity index (χ1) is 8.88. The van der Waals surface area contributed by atoms with Crippen molar-refractivity contribution in [2.75, 3.05) is 0 Å². The highest BCUT2D eigenvalue weighted by Gasteiger charge is 2.17. The summed E-state index contributed by atoms with van der Waals surface area (Å²) in [5.41, 5.74) is 0.803. The fourth-order valence-electron chi connectivity index (χ4n) is 1.50. The zero-order valence-corrected chi connectivity index (χ0v) is 14.0. The third kappa shape index (κ3) is 3.65. The van der Waals surface area contributed by atoms with Crippen molar-refractivity contribution >= 4 is 41.9 Å². The maximum absolute atomic E-state index is 12.2. The van der Waals surface area contributed by atoms with E-state index in [0.29, 0.717) is 8.95 Å². The van der Waals surface area contributed by atoms with Crippen LogP contribution in [0.4, 0.5) is 0 Å². The van der Waals surface area contributed by atoms with E-state index in [1.165, 1.54) is 0 Å². The van der Waals surface area contributed by atoms with Crippen molar-refractivity contribution in [1.82, 2.24) is 14.5 Å². The summed E-state index contributed by atoms with van der Waals surface area (Å²) in [6.07, 6.45) is 3.39. The molecule has 2 rings (SSSR count). The zero-order chi connectivity index (χ0) is 14.0. The molecule has 0 aliphatic carbocycles. The van der Waals surface area contributed by atoms with Crippen LogP contribution in [0.2, 0.25) is 0 Å². The summed E-state index contributed by atoms with van der Waals surface area (Å²) in [6.45, 7) is 0.203. The molecule has 0 spiro atoms. The Kier molecular flexibility index (Phi) is 4.44. The minimum atomic E-state index is -3.57. The largest absolute Gasteiger partial charge is 0.275 e. The molecule has 102 valence electrons. The van der Waals surface area contributed by atoms with Gasteiger partial charge >= 0.3 is 0 Å². The molecule has 0 saturated carbocycles. The molecule has 1 heterocycles. The van der Waals surface area contributed by atoms with E-state index in [0.717, 1.165) is 5.56 Å². The molecule has 0 saturated heterocycles. The van der Waals surface area contributed by atoms with Gasteiger partial charge in [0.1, 0.15) is 0 Å². The quantitative estimate of drug-likeness (QED) is 0.844. The van der Waals surface area contributed by atoms with Gasteiger partial charge < -0.3 is 0 Å². The first kappa shape index (κ1) is 14.7. The van der Waals surface area contributed by atoms with E-state index in [-0.39, 0.29) is 11.4 Å². The zero-order valence-electron chi connectivity index (χ0n) is 9.97. The average Bonchev–Trinajstić information content (AvgIpc) is 2.76. The Hall–Kier alpha value is -0.700. The van der Waals surface area contributed by atoms with Crippen LogP contribution in [-0.2, 0) is 23.6 Å². The second-order valence-electron chi connectivity index (χ2n) is 3.92. The summed E-state index contributed by atoms with van der Waals surface area (Å²) in [7, 11) is -1.79. The first-order valence-electron chi connectivity index (χ1n) is 5.31. The number of sulfonamides is 1. The second kappa shape index (κ2) is 5.74. The molecular weight excluding hydrogens is 398 g/mol. The van der Waals surface area contributed by atoms with E-state index in [1.54, 1.807) is 42.3 Å². The highest BCUT2D eigenvalue weighted by Crippen LogP contribution is 2.25. The number of nitrogens with zero attached hydrogens (tertiary/aromatic N) is 2. The van der Waals surface area contributed by atoms with Gasteiger partial charge in [0.25, 0.3) is 0 Å². The summed E-state index contributed by atoms with van der Waals surface area (Å²) in [6, 6.07) is 5.00. The Morgan fingerprint density at radius 3 is 2.74 bits per heavy atom. The molecule has 0 unspecified atom stereocenters. The Bertz CT molecular complexity index is 698. The Balaban J connectivity index is 2.20. The second-order valence-corrected chi connectivity index (χ2v) is 7.43. The lowest BCUT2D eigenvalue weighted by atomic mass is 10.4. The SMILES string of the molecule is Cn1cc(CNS(=O)(=O)c2cc(Br)ccc2Br)cn1. The van der Waals surface area contributed by atoms with Crippen molar-refractivity contribution in [1.29, 1.82) is 0 Å². The van der Waals surface area contributed by atoms with Crippen molar-refractivity contribution < 1.29 is 8.42 Å². The van der Waals surface area contributed by atoms with Crippen molar-refractivity contribution in [2.24, 2.45) is 7.05 Å². The number of hydrogen-bond acceptors (Lipinski definition) is 3. The number of rotatable bonds is 4. The van der Waals surface area contributed by atoms with Crippen LogP contribution in [0.3, 0.4) is 0 Å². The number of benzene rings is 1. The lowest BCUT2D eigenvalue weighted by molar-refractivity contribution is 0.580. The number of hydrogen-bond donors (Lipinski definition) is 1. The molecule has 8 heteroatoms. The minimum absolute atomic E-state index is 0.200. The van der Waals surface area contributed by atoms with E-state index in [1.807, 2.05) is 0 Å². The maximum Gasteiger partial charge on any atom is 0.242 e. The van der Waals surface area contributed by atoms with Crippen LogP contribution < -0.4 is 4.72 Å². The summed E-state index contributed by atoms with van der Waals surface area (Å²) in [5.74, 6) is 0. The van der Waals surface area contributed by atoms with E-state index in [9.17, 15) is 8.42 Å². The Morgan fingerprint density at radius 2 is 2.11 bits per heavy atom. The molecule has 0 radical (unpaired) electrons. The summed E-state index contributed by atoms with van der Waals surface area (Å²) < 4.78 is 29.8. The number of nitrogens with one attached hydrogen (secondary N) is 1. The first-order valence-corrected chi connectivity index (χ1v) is 8.37. The number of halogens is 2. The fraction of sp³-hybridized carbons (Fsp3) is 0.182. The summed E-state index contributed by atoms with van der Waals surface area (Å²) >= 11 is 6.50. The van der Waals surface area contributed by atoms with E-state index in [2.05, 4.69) is 41.7 Å². The third-order valence-electron chi connectivity index (χ3n) is 2.41. The molecule has 0 atom stereocenters. The molecule has 0 bridgehead atoms. The lowest BCUT2D eigenvalue weighted by Crippen LogP contribution is -2.23. The van der Waals surface area contributed by atoms with Crippen molar-refractivity contribution in [3.05, 3.63) is 45.1 Å². The molecule has 0 aliphatic heterocycles. The highest BCUT2D eigenvalue weighted by atomic mass is 79.9. The molecule has 0 aliphatic rings. The number of aromatic nitrogens is 2. The van der Waals surface area contributed by atoms with Gasteiger partial charge in [-0.2, -0.15) is 5.10 Å². The van der Waals surface area contributed by atoms with Crippen LogP contribution in [0.25, 0.3) is 0 Å². The average molecular weight is 409 g/mol.